The van der Waals surface area contributed by atoms with E-state index in [9.17, 15) is 9.59 Å². The van der Waals surface area contributed by atoms with Gasteiger partial charge in [-0.25, -0.2) is 0 Å². The van der Waals surface area contributed by atoms with Crippen LogP contribution < -0.4 is 4.90 Å². The molecule has 4 rings (SSSR count). The molecule has 2 aliphatic heterocycles. The minimum absolute atomic E-state index is 0.0408. The Hall–Kier alpha value is -2.86. The number of likely N-dealkylation sites (N-methyl/N-ethyl adjacent to an activating group) is 1. The molecule has 0 bridgehead atoms. The largest absolute Gasteiger partial charge is 0.368 e. The summed E-state index contributed by atoms with van der Waals surface area (Å²) in [5, 5.41) is 0. The Bertz CT molecular complexity index is 819. The third kappa shape index (κ3) is 3.60. The Morgan fingerprint density at radius 3 is 2.18 bits per heavy atom. The van der Waals surface area contributed by atoms with Crippen molar-refractivity contribution in [3.05, 3.63) is 66.2 Å². The van der Waals surface area contributed by atoms with Crippen LogP contribution >= 0.6 is 0 Å². The molecule has 0 N–H and O–H groups in total. The zero-order chi connectivity index (χ0) is 19.5. The average molecular weight is 379 g/mol. The minimum Gasteiger partial charge on any atom is -0.368 e. The lowest BCUT2D eigenvalue weighted by molar-refractivity contribution is -0.167. The summed E-state index contributed by atoms with van der Waals surface area (Å²) < 4.78 is 5.76. The summed E-state index contributed by atoms with van der Waals surface area (Å²) in [5.74, 6) is -0.146. The van der Waals surface area contributed by atoms with Gasteiger partial charge in [-0.2, -0.15) is 0 Å². The predicted octanol–water partition coefficient (Wildman–Crippen LogP) is 1.93. The summed E-state index contributed by atoms with van der Waals surface area (Å²) in [7, 11) is 1.75. The zero-order valence-corrected chi connectivity index (χ0v) is 16.0. The number of carbonyl (C=O) groups excluding carboxylic acids is 2. The van der Waals surface area contributed by atoms with Gasteiger partial charge in [0.05, 0.1) is 6.04 Å². The Balaban J connectivity index is 1.48. The number of nitrogens with zero attached hydrogens (tertiary/aromatic N) is 3. The molecule has 2 aromatic carbocycles. The number of carbonyl (C=O) groups is 2. The van der Waals surface area contributed by atoms with Gasteiger partial charge in [-0.1, -0.05) is 48.5 Å². The second-order valence-electron chi connectivity index (χ2n) is 7.24. The number of amides is 2. The molecule has 2 aliphatic rings. The van der Waals surface area contributed by atoms with Crippen LogP contribution in [0.3, 0.4) is 0 Å². The summed E-state index contributed by atoms with van der Waals surface area (Å²) in [4.78, 5) is 31.3. The highest BCUT2D eigenvalue weighted by Crippen LogP contribution is 2.30. The molecule has 146 valence electrons. The van der Waals surface area contributed by atoms with Crippen molar-refractivity contribution >= 4 is 17.5 Å². The smallest absolute Gasteiger partial charge is 0.254 e. The standard InChI is InChI=1S/C22H25N3O3/c1-23-19(26)16-28-21(20(23)17-8-4-2-5-9-17)22(27)25-14-12-24(13-15-25)18-10-6-3-7-11-18/h2-11,20-21H,12-16H2,1H3/t20-,21+/m0/s1. The van der Waals surface area contributed by atoms with E-state index in [1.54, 1.807) is 11.9 Å². The molecule has 28 heavy (non-hydrogen) atoms. The van der Waals surface area contributed by atoms with Crippen LogP contribution in [0, 0.1) is 0 Å². The average Bonchev–Trinajstić information content (AvgIpc) is 2.76. The molecule has 6 nitrogen and oxygen atoms in total. The number of hydrogen-bond acceptors (Lipinski definition) is 4. The number of piperazine rings is 1. The maximum absolute atomic E-state index is 13.3. The van der Waals surface area contributed by atoms with Crippen molar-refractivity contribution < 1.29 is 14.3 Å². The minimum atomic E-state index is -0.673. The van der Waals surface area contributed by atoms with Gasteiger partial charge >= 0.3 is 0 Å². The lowest BCUT2D eigenvalue weighted by atomic mass is 9.97. The van der Waals surface area contributed by atoms with Crippen molar-refractivity contribution in [2.45, 2.75) is 12.1 Å². The van der Waals surface area contributed by atoms with Crippen molar-refractivity contribution in [2.75, 3.05) is 44.7 Å². The second kappa shape index (κ2) is 8.02. The van der Waals surface area contributed by atoms with Gasteiger partial charge in [0, 0.05) is 38.9 Å². The van der Waals surface area contributed by atoms with Crippen LogP contribution in [0.5, 0.6) is 0 Å². The SMILES string of the molecule is CN1C(=O)CO[C@@H](C(=O)N2CCN(c3ccccc3)CC2)[C@@H]1c1ccccc1. The fourth-order valence-corrected chi connectivity index (χ4v) is 3.97. The van der Waals surface area contributed by atoms with Gasteiger partial charge in [0.1, 0.15) is 6.61 Å². The first-order valence-electron chi connectivity index (χ1n) is 9.66. The topological polar surface area (TPSA) is 53.1 Å². The predicted molar refractivity (Wildman–Crippen MR) is 107 cm³/mol. The van der Waals surface area contributed by atoms with Gasteiger partial charge in [0.25, 0.3) is 5.91 Å². The number of morpholine rings is 1. The van der Waals surface area contributed by atoms with E-state index in [1.165, 1.54) is 5.69 Å². The summed E-state index contributed by atoms with van der Waals surface area (Å²) in [6, 6.07) is 19.5. The number of para-hydroxylation sites is 1. The van der Waals surface area contributed by atoms with E-state index < -0.39 is 12.1 Å². The molecule has 0 unspecified atom stereocenters. The maximum Gasteiger partial charge on any atom is 0.254 e. The molecular formula is C22H25N3O3. The lowest BCUT2D eigenvalue weighted by Crippen LogP contribution is -2.57. The molecule has 2 heterocycles. The fourth-order valence-electron chi connectivity index (χ4n) is 3.97. The molecule has 2 fully saturated rings. The van der Waals surface area contributed by atoms with Crippen LogP contribution in [0.1, 0.15) is 11.6 Å². The summed E-state index contributed by atoms with van der Waals surface area (Å²) in [6.45, 7) is 2.81. The highest BCUT2D eigenvalue weighted by atomic mass is 16.5. The molecular weight excluding hydrogens is 354 g/mol. The van der Waals surface area contributed by atoms with Crippen molar-refractivity contribution in [2.24, 2.45) is 0 Å². The van der Waals surface area contributed by atoms with Crippen molar-refractivity contribution in [3.63, 3.8) is 0 Å². The zero-order valence-electron chi connectivity index (χ0n) is 16.0. The first-order valence-corrected chi connectivity index (χ1v) is 9.66. The molecule has 0 saturated carbocycles. The van der Waals surface area contributed by atoms with Gasteiger partial charge in [0.2, 0.25) is 5.91 Å². The van der Waals surface area contributed by atoms with Crippen LogP contribution in [-0.4, -0.2) is 67.6 Å². The Morgan fingerprint density at radius 2 is 1.54 bits per heavy atom. The van der Waals surface area contributed by atoms with Crippen LogP contribution in [-0.2, 0) is 14.3 Å². The molecule has 0 radical (unpaired) electrons. The van der Waals surface area contributed by atoms with E-state index in [1.807, 2.05) is 53.4 Å². The number of hydrogen-bond donors (Lipinski definition) is 0. The molecule has 0 aliphatic carbocycles. The molecule has 6 heteroatoms. The molecule has 2 aromatic rings. The van der Waals surface area contributed by atoms with Gasteiger partial charge in [-0.15, -0.1) is 0 Å². The summed E-state index contributed by atoms with van der Waals surface area (Å²) in [5.41, 5.74) is 2.09. The second-order valence-corrected chi connectivity index (χ2v) is 7.24. The normalized spacial score (nSPS) is 23.0. The summed E-state index contributed by atoms with van der Waals surface area (Å²) in [6.07, 6.45) is -0.673. The van der Waals surface area contributed by atoms with E-state index in [2.05, 4.69) is 17.0 Å². The summed E-state index contributed by atoms with van der Waals surface area (Å²) >= 11 is 0. The van der Waals surface area contributed by atoms with Gasteiger partial charge < -0.3 is 19.4 Å². The lowest BCUT2D eigenvalue weighted by Gasteiger charge is -2.42. The first-order chi connectivity index (χ1) is 13.6. The highest BCUT2D eigenvalue weighted by Gasteiger charge is 2.42. The van der Waals surface area contributed by atoms with Gasteiger partial charge in [0.15, 0.2) is 6.10 Å². The van der Waals surface area contributed by atoms with Crippen molar-refractivity contribution in [3.8, 4) is 0 Å². The van der Waals surface area contributed by atoms with Crippen LogP contribution in [0.2, 0.25) is 0 Å². The van der Waals surface area contributed by atoms with E-state index in [-0.39, 0.29) is 18.4 Å². The number of rotatable bonds is 3. The van der Waals surface area contributed by atoms with E-state index in [0.29, 0.717) is 13.1 Å². The molecule has 0 aromatic heterocycles. The van der Waals surface area contributed by atoms with E-state index in [4.69, 9.17) is 4.74 Å². The quantitative estimate of drug-likeness (QED) is 0.818. The van der Waals surface area contributed by atoms with Crippen LogP contribution in [0.4, 0.5) is 5.69 Å². The fraction of sp³-hybridized carbons (Fsp3) is 0.364. The van der Waals surface area contributed by atoms with Crippen molar-refractivity contribution in [1.29, 1.82) is 0 Å². The number of benzene rings is 2. The van der Waals surface area contributed by atoms with E-state index in [0.717, 1.165) is 18.7 Å². The van der Waals surface area contributed by atoms with Gasteiger partial charge in [-0.05, 0) is 17.7 Å². The number of anilines is 1. The highest BCUT2D eigenvalue weighted by molar-refractivity contribution is 5.86. The Labute approximate surface area is 165 Å². The molecule has 2 atom stereocenters. The molecule has 0 spiro atoms. The number of ether oxygens (including phenoxy) is 1. The Kier molecular flexibility index (Phi) is 5.30. The maximum atomic E-state index is 13.3. The van der Waals surface area contributed by atoms with Crippen molar-refractivity contribution in [1.82, 2.24) is 9.80 Å². The molecule has 2 saturated heterocycles. The monoisotopic (exact) mass is 379 g/mol. The third-order valence-corrected chi connectivity index (χ3v) is 5.58. The third-order valence-electron chi connectivity index (χ3n) is 5.58. The van der Waals surface area contributed by atoms with Crippen LogP contribution in [0.25, 0.3) is 0 Å². The molecule has 2 amide bonds. The first kappa shape index (κ1) is 18.5. The van der Waals surface area contributed by atoms with Crippen LogP contribution in [0.15, 0.2) is 60.7 Å². The van der Waals surface area contributed by atoms with Gasteiger partial charge in [-0.3, -0.25) is 9.59 Å². The van der Waals surface area contributed by atoms with E-state index >= 15 is 0 Å². The Morgan fingerprint density at radius 1 is 0.929 bits per heavy atom.